The van der Waals surface area contributed by atoms with Crippen molar-refractivity contribution in [3.63, 3.8) is 0 Å². The van der Waals surface area contributed by atoms with E-state index in [1.807, 2.05) is 0 Å². The van der Waals surface area contributed by atoms with E-state index in [0.717, 1.165) is 0 Å². The summed E-state index contributed by atoms with van der Waals surface area (Å²) in [5, 5.41) is 0. The van der Waals surface area contributed by atoms with Crippen molar-refractivity contribution in [2.75, 3.05) is 37.6 Å². The van der Waals surface area contributed by atoms with Gasteiger partial charge in [-0.15, -0.1) is 0 Å². The molecule has 130 valence electrons. The van der Waals surface area contributed by atoms with Gasteiger partial charge >= 0.3 is 0 Å². The molecule has 24 heavy (non-hydrogen) atoms. The van der Waals surface area contributed by atoms with Crippen LogP contribution in [0.15, 0.2) is 24.3 Å². The van der Waals surface area contributed by atoms with Gasteiger partial charge in [-0.1, -0.05) is 0 Å². The van der Waals surface area contributed by atoms with Gasteiger partial charge in [0.15, 0.2) is 0 Å². The molecule has 1 aromatic rings. The Bertz CT molecular complexity index is 610. The topological polar surface area (TPSA) is 60.9 Å². The lowest BCUT2D eigenvalue weighted by atomic mass is 10.2. The molecule has 7 heteroatoms. The van der Waals surface area contributed by atoms with Gasteiger partial charge in [0.1, 0.15) is 5.82 Å². The molecule has 1 aliphatic heterocycles. The van der Waals surface area contributed by atoms with Gasteiger partial charge in [-0.05, 0) is 24.3 Å². The molecule has 1 heterocycles. The molecule has 1 fully saturated rings. The van der Waals surface area contributed by atoms with Crippen LogP contribution in [0.5, 0.6) is 0 Å². The zero-order valence-corrected chi connectivity index (χ0v) is 14.0. The molecule has 0 unspecified atom stereocenters. The average molecular weight is 335 g/mol. The van der Waals surface area contributed by atoms with Crippen LogP contribution in [0.1, 0.15) is 20.3 Å². The summed E-state index contributed by atoms with van der Waals surface area (Å²) in [5.41, 5.74) is 0.568. The number of benzene rings is 1. The lowest BCUT2D eigenvalue weighted by molar-refractivity contribution is -0.138. The van der Waals surface area contributed by atoms with E-state index >= 15 is 0 Å². The minimum absolute atomic E-state index is 0.0150. The molecule has 0 atom stereocenters. The molecular formula is C17H22FN3O3. The van der Waals surface area contributed by atoms with E-state index in [2.05, 4.69) is 0 Å². The molecule has 3 amide bonds. The molecule has 2 rings (SSSR count). The first kappa shape index (κ1) is 17.9. The number of carbonyl (C=O) groups is 3. The summed E-state index contributed by atoms with van der Waals surface area (Å²) in [7, 11) is 0. The normalized spacial score (nSPS) is 14.5. The van der Waals surface area contributed by atoms with Crippen LogP contribution in [-0.4, -0.2) is 60.2 Å². The van der Waals surface area contributed by atoms with Crippen molar-refractivity contribution in [1.29, 1.82) is 0 Å². The van der Waals surface area contributed by atoms with E-state index in [9.17, 15) is 18.8 Å². The second-order valence-corrected chi connectivity index (χ2v) is 5.78. The molecule has 1 aromatic carbocycles. The fourth-order valence-electron chi connectivity index (χ4n) is 2.73. The van der Waals surface area contributed by atoms with Crippen molar-refractivity contribution in [3.05, 3.63) is 30.1 Å². The van der Waals surface area contributed by atoms with Gasteiger partial charge in [-0.2, -0.15) is 0 Å². The maximum Gasteiger partial charge on any atom is 0.224 e. The van der Waals surface area contributed by atoms with E-state index in [-0.39, 0.29) is 36.5 Å². The van der Waals surface area contributed by atoms with Crippen LogP contribution < -0.4 is 4.90 Å². The van der Waals surface area contributed by atoms with Crippen LogP contribution in [0.3, 0.4) is 0 Å². The zero-order chi connectivity index (χ0) is 17.7. The average Bonchev–Trinajstić information content (AvgIpc) is 2.56. The summed E-state index contributed by atoms with van der Waals surface area (Å²) in [5.74, 6) is -0.606. The fraction of sp³-hybridized carbons (Fsp3) is 0.471. The van der Waals surface area contributed by atoms with Crippen molar-refractivity contribution in [3.8, 4) is 0 Å². The van der Waals surface area contributed by atoms with Crippen molar-refractivity contribution >= 4 is 23.4 Å². The first-order valence-electron chi connectivity index (χ1n) is 7.95. The first-order chi connectivity index (χ1) is 11.4. The van der Waals surface area contributed by atoms with Gasteiger partial charge in [-0.25, -0.2) is 4.39 Å². The van der Waals surface area contributed by atoms with Gasteiger partial charge in [0.2, 0.25) is 17.7 Å². The van der Waals surface area contributed by atoms with Crippen LogP contribution in [0, 0.1) is 5.82 Å². The van der Waals surface area contributed by atoms with Crippen LogP contribution in [-0.2, 0) is 14.4 Å². The third-order valence-corrected chi connectivity index (χ3v) is 4.15. The Hall–Kier alpha value is -2.44. The van der Waals surface area contributed by atoms with Gasteiger partial charge in [0.25, 0.3) is 0 Å². The maximum atomic E-state index is 13.0. The van der Waals surface area contributed by atoms with Gasteiger partial charge in [0.05, 0.1) is 0 Å². The van der Waals surface area contributed by atoms with Gasteiger partial charge in [-0.3, -0.25) is 14.4 Å². The molecule has 0 N–H and O–H groups in total. The fourth-order valence-corrected chi connectivity index (χ4v) is 2.73. The minimum atomic E-state index is -0.373. The number of amides is 3. The molecule has 6 nitrogen and oxygen atoms in total. The molecule has 0 aliphatic carbocycles. The summed E-state index contributed by atoms with van der Waals surface area (Å²) in [6.07, 6.45) is 0.191. The number of carbonyl (C=O) groups excluding carboxylic acids is 3. The summed E-state index contributed by atoms with van der Waals surface area (Å²) in [4.78, 5) is 40.3. The van der Waals surface area contributed by atoms with Crippen molar-refractivity contribution in [1.82, 2.24) is 9.80 Å². The Morgan fingerprint density at radius 1 is 1.00 bits per heavy atom. The molecule has 0 spiro atoms. The molecular weight excluding hydrogens is 313 g/mol. The Morgan fingerprint density at radius 2 is 1.54 bits per heavy atom. The predicted molar refractivity (Wildman–Crippen MR) is 87.9 cm³/mol. The molecule has 0 bridgehead atoms. The lowest BCUT2D eigenvalue weighted by Gasteiger charge is -2.34. The number of nitrogens with zero attached hydrogens (tertiary/aromatic N) is 3. The third kappa shape index (κ3) is 4.53. The van der Waals surface area contributed by atoms with Gasteiger partial charge in [0, 0.05) is 58.7 Å². The summed E-state index contributed by atoms with van der Waals surface area (Å²) < 4.78 is 13.0. The molecule has 1 saturated heterocycles. The monoisotopic (exact) mass is 335 g/mol. The number of hydrogen-bond acceptors (Lipinski definition) is 3. The highest BCUT2D eigenvalue weighted by molar-refractivity contribution is 5.92. The smallest absolute Gasteiger partial charge is 0.224 e. The Kier molecular flexibility index (Phi) is 5.89. The van der Waals surface area contributed by atoms with E-state index in [4.69, 9.17) is 0 Å². The van der Waals surface area contributed by atoms with E-state index < -0.39 is 0 Å². The summed E-state index contributed by atoms with van der Waals surface area (Å²) in [6.45, 7) is 5.27. The first-order valence-corrected chi connectivity index (χ1v) is 7.95. The van der Waals surface area contributed by atoms with Crippen LogP contribution in [0.25, 0.3) is 0 Å². The second-order valence-electron chi connectivity index (χ2n) is 5.78. The van der Waals surface area contributed by atoms with Crippen LogP contribution >= 0.6 is 0 Å². The highest BCUT2D eigenvalue weighted by atomic mass is 19.1. The standard InChI is InChI=1S/C17H22FN3O3/c1-13(22)19-9-11-20(12-10-19)17(24)7-8-21(14(2)23)16-5-3-15(18)4-6-16/h3-6H,7-12H2,1-2H3. The molecule has 1 aliphatic rings. The summed E-state index contributed by atoms with van der Waals surface area (Å²) in [6, 6.07) is 5.61. The number of hydrogen-bond donors (Lipinski definition) is 0. The highest BCUT2D eigenvalue weighted by Crippen LogP contribution is 2.16. The Balaban J connectivity index is 1.90. The number of halogens is 1. The van der Waals surface area contributed by atoms with E-state index in [1.54, 1.807) is 9.80 Å². The SMILES string of the molecule is CC(=O)N1CCN(C(=O)CCN(C(C)=O)c2ccc(F)cc2)CC1. The second kappa shape index (κ2) is 7.90. The number of rotatable bonds is 4. The Morgan fingerprint density at radius 3 is 2.04 bits per heavy atom. The van der Waals surface area contributed by atoms with E-state index in [0.29, 0.717) is 31.9 Å². The zero-order valence-electron chi connectivity index (χ0n) is 14.0. The van der Waals surface area contributed by atoms with Crippen molar-refractivity contribution < 1.29 is 18.8 Å². The van der Waals surface area contributed by atoms with E-state index in [1.165, 1.54) is 43.0 Å². The third-order valence-electron chi connectivity index (χ3n) is 4.15. The molecule has 0 aromatic heterocycles. The lowest BCUT2D eigenvalue weighted by Crippen LogP contribution is -2.50. The highest BCUT2D eigenvalue weighted by Gasteiger charge is 2.23. The van der Waals surface area contributed by atoms with Crippen LogP contribution in [0.4, 0.5) is 10.1 Å². The Labute approximate surface area is 140 Å². The molecule has 0 saturated carbocycles. The number of anilines is 1. The predicted octanol–water partition coefficient (Wildman–Crippen LogP) is 1.26. The quantitative estimate of drug-likeness (QED) is 0.832. The van der Waals surface area contributed by atoms with Crippen molar-refractivity contribution in [2.24, 2.45) is 0 Å². The van der Waals surface area contributed by atoms with Gasteiger partial charge < -0.3 is 14.7 Å². The summed E-state index contributed by atoms with van der Waals surface area (Å²) >= 11 is 0. The number of piperazine rings is 1. The van der Waals surface area contributed by atoms with Crippen LogP contribution in [0.2, 0.25) is 0 Å². The van der Waals surface area contributed by atoms with Crippen molar-refractivity contribution in [2.45, 2.75) is 20.3 Å². The largest absolute Gasteiger partial charge is 0.339 e. The molecule has 0 radical (unpaired) electrons. The maximum absolute atomic E-state index is 13.0. The minimum Gasteiger partial charge on any atom is -0.339 e.